The van der Waals surface area contributed by atoms with E-state index >= 15 is 0 Å². The highest BCUT2D eigenvalue weighted by Crippen LogP contribution is 2.50. The Bertz CT molecular complexity index is 782. The Morgan fingerprint density at radius 2 is 1.26 bits per heavy atom. The molecule has 1 fully saturated rings. The maximum atomic E-state index is 6.48. The molecule has 140 valence electrons. The van der Waals surface area contributed by atoms with Gasteiger partial charge in [0.05, 0.1) is 11.2 Å². The van der Waals surface area contributed by atoms with E-state index in [0.717, 1.165) is 6.42 Å². The Morgan fingerprint density at radius 1 is 0.741 bits per heavy atom. The van der Waals surface area contributed by atoms with Crippen LogP contribution in [-0.2, 0) is 9.31 Å². The number of hydrogen-bond acceptors (Lipinski definition) is 2. The van der Waals surface area contributed by atoms with Crippen LogP contribution in [0.3, 0.4) is 0 Å². The molecule has 3 atom stereocenters. The van der Waals surface area contributed by atoms with Crippen molar-refractivity contribution < 1.29 is 9.31 Å². The SMILES string of the molecule is CC1(C)OB([C@H]2C[C@@H](c3ccccc3)C=C[C@H]2c2ccccc2)OC1(C)C. The highest BCUT2D eigenvalue weighted by atomic mass is 16.7. The Balaban J connectivity index is 1.68. The van der Waals surface area contributed by atoms with Crippen LogP contribution in [0.15, 0.2) is 72.8 Å². The fraction of sp³-hybridized carbons (Fsp3) is 0.417. The minimum atomic E-state index is -0.303. The summed E-state index contributed by atoms with van der Waals surface area (Å²) in [6.45, 7) is 8.55. The van der Waals surface area contributed by atoms with Crippen molar-refractivity contribution in [1.29, 1.82) is 0 Å². The van der Waals surface area contributed by atoms with Gasteiger partial charge in [0.1, 0.15) is 0 Å². The van der Waals surface area contributed by atoms with E-state index in [1.54, 1.807) is 0 Å². The Hall–Kier alpha value is -1.84. The Labute approximate surface area is 163 Å². The first-order valence-electron chi connectivity index (χ1n) is 10.0. The molecule has 2 aromatic carbocycles. The summed E-state index contributed by atoms with van der Waals surface area (Å²) in [5.41, 5.74) is 2.09. The van der Waals surface area contributed by atoms with Crippen molar-refractivity contribution in [2.75, 3.05) is 0 Å². The highest BCUT2D eigenvalue weighted by Gasteiger charge is 2.55. The summed E-state index contributed by atoms with van der Waals surface area (Å²) in [5.74, 6) is 0.986. The van der Waals surface area contributed by atoms with E-state index in [1.807, 2.05) is 0 Å². The molecule has 1 aliphatic heterocycles. The van der Waals surface area contributed by atoms with Gasteiger partial charge >= 0.3 is 7.12 Å². The van der Waals surface area contributed by atoms with Crippen LogP contribution >= 0.6 is 0 Å². The van der Waals surface area contributed by atoms with Gasteiger partial charge in [-0.1, -0.05) is 72.8 Å². The number of hydrogen-bond donors (Lipinski definition) is 0. The summed E-state index contributed by atoms with van der Waals surface area (Å²) in [6.07, 6.45) is 5.76. The van der Waals surface area contributed by atoms with E-state index in [4.69, 9.17) is 9.31 Å². The predicted octanol–water partition coefficient (Wildman–Crippen LogP) is 5.98. The molecule has 0 unspecified atom stereocenters. The van der Waals surface area contributed by atoms with Crippen LogP contribution in [0.4, 0.5) is 0 Å². The summed E-state index contributed by atoms with van der Waals surface area (Å²) >= 11 is 0. The first-order valence-corrected chi connectivity index (χ1v) is 10.0. The molecule has 2 aromatic rings. The van der Waals surface area contributed by atoms with Crippen LogP contribution in [-0.4, -0.2) is 18.3 Å². The van der Waals surface area contributed by atoms with Crippen molar-refractivity contribution in [2.24, 2.45) is 0 Å². The lowest BCUT2D eigenvalue weighted by Gasteiger charge is -2.33. The van der Waals surface area contributed by atoms with Gasteiger partial charge in [0.25, 0.3) is 0 Å². The van der Waals surface area contributed by atoms with E-state index in [9.17, 15) is 0 Å². The van der Waals surface area contributed by atoms with Crippen molar-refractivity contribution in [3.63, 3.8) is 0 Å². The van der Waals surface area contributed by atoms with E-state index in [2.05, 4.69) is 101 Å². The van der Waals surface area contributed by atoms with Crippen LogP contribution in [0.2, 0.25) is 5.82 Å². The third-order valence-electron chi connectivity index (χ3n) is 6.57. The molecule has 0 aromatic heterocycles. The molecule has 0 radical (unpaired) electrons. The second kappa shape index (κ2) is 6.96. The molecule has 1 saturated heterocycles. The molecule has 2 nitrogen and oxygen atoms in total. The Morgan fingerprint density at radius 3 is 1.81 bits per heavy atom. The maximum Gasteiger partial charge on any atom is 0.462 e. The van der Waals surface area contributed by atoms with Crippen molar-refractivity contribution >= 4 is 7.12 Å². The van der Waals surface area contributed by atoms with E-state index in [-0.39, 0.29) is 24.1 Å². The summed E-state index contributed by atoms with van der Waals surface area (Å²) in [4.78, 5) is 0. The van der Waals surface area contributed by atoms with E-state index < -0.39 is 0 Å². The van der Waals surface area contributed by atoms with Crippen LogP contribution in [0.1, 0.15) is 57.1 Å². The summed E-state index contributed by atoms with van der Waals surface area (Å²) in [6, 6.07) is 21.5. The molecule has 1 aliphatic carbocycles. The minimum Gasteiger partial charge on any atom is -0.403 e. The predicted molar refractivity (Wildman–Crippen MR) is 112 cm³/mol. The van der Waals surface area contributed by atoms with Gasteiger partial charge in [0.2, 0.25) is 0 Å². The lowest BCUT2D eigenvalue weighted by atomic mass is 9.57. The molecule has 4 rings (SSSR count). The number of allylic oxidation sites excluding steroid dienone is 2. The monoisotopic (exact) mass is 360 g/mol. The fourth-order valence-electron chi connectivity index (χ4n) is 4.24. The zero-order chi connectivity index (χ0) is 19.1. The van der Waals surface area contributed by atoms with E-state index in [1.165, 1.54) is 11.1 Å². The number of benzene rings is 2. The molecule has 0 bridgehead atoms. The highest BCUT2D eigenvalue weighted by molar-refractivity contribution is 6.48. The first-order chi connectivity index (χ1) is 12.9. The van der Waals surface area contributed by atoms with Crippen molar-refractivity contribution in [1.82, 2.24) is 0 Å². The standard InChI is InChI=1S/C24H29BO2/c1-23(2)24(3,4)27-25(26-23)22-17-20(18-11-7-5-8-12-18)15-16-21(22)19-13-9-6-10-14-19/h5-16,20-22H,17H2,1-4H3/t20-,21-,22-/m0/s1. The van der Waals surface area contributed by atoms with Gasteiger partial charge in [-0.2, -0.15) is 0 Å². The van der Waals surface area contributed by atoms with Crippen molar-refractivity contribution in [3.05, 3.63) is 83.9 Å². The summed E-state index contributed by atoms with van der Waals surface area (Å²) < 4.78 is 13.0. The summed E-state index contributed by atoms with van der Waals surface area (Å²) in [7, 11) is -0.198. The molecule has 3 heteroatoms. The Kier molecular flexibility index (Phi) is 4.77. The lowest BCUT2D eigenvalue weighted by Crippen LogP contribution is -2.41. The zero-order valence-corrected chi connectivity index (χ0v) is 16.8. The van der Waals surface area contributed by atoms with Gasteiger partial charge in [-0.15, -0.1) is 0 Å². The molecule has 2 aliphatic rings. The molecular weight excluding hydrogens is 331 g/mol. The van der Waals surface area contributed by atoms with Crippen LogP contribution in [0.25, 0.3) is 0 Å². The van der Waals surface area contributed by atoms with Gasteiger partial charge in [-0.3, -0.25) is 0 Å². The van der Waals surface area contributed by atoms with Crippen LogP contribution < -0.4 is 0 Å². The lowest BCUT2D eigenvalue weighted by molar-refractivity contribution is 0.00578. The molecule has 1 heterocycles. The molecular formula is C24H29BO2. The minimum absolute atomic E-state index is 0.198. The normalized spacial score (nSPS) is 29.0. The smallest absolute Gasteiger partial charge is 0.403 e. The van der Waals surface area contributed by atoms with Crippen LogP contribution in [0, 0.1) is 0 Å². The molecule has 0 amide bonds. The number of rotatable bonds is 3. The largest absolute Gasteiger partial charge is 0.462 e. The third-order valence-corrected chi connectivity index (χ3v) is 6.57. The van der Waals surface area contributed by atoms with E-state index in [0.29, 0.717) is 11.8 Å². The quantitative estimate of drug-likeness (QED) is 0.495. The average molecular weight is 360 g/mol. The zero-order valence-electron chi connectivity index (χ0n) is 16.8. The van der Waals surface area contributed by atoms with Gasteiger partial charge in [0, 0.05) is 17.7 Å². The second-order valence-electron chi connectivity index (χ2n) is 8.86. The first kappa shape index (κ1) is 18.5. The average Bonchev–Trinajstić information content (AvgIpc) is 2.90. The molecule has 27 heavy (non-hydrogen) atoms. The van der Waals surface area contributed by atoms with Crippen molar-refractivity contribution in [2.45, 2.75) is 63.0 Å². The van der Waals surface area contributed by atoms with Gasteiger partial charge in [-0.05, 0) is 45.2 Å². The molecule has 0 N–H and O–H groups in total. The molecule has 0 spiro atoms. The molecule has 0 saturated carbocycles. The van der Waals surface area contributed by atoms with Gasteiger partial charge in [-0.25, -0.2) is 0 Å². The third kappa shape index (κ3) is 3.51. The topological polar surface area (TPSA) is 18.5 Å². The van der Waals surface area contributed by atoms with Gasteiger partial charge in [0.15, 0.2) is 0 Å². The van der Waals surface area contributed by atoms with Crippen LogP contribution in [0.5, 0.6) is 0 Å². The maximum absolute atomic E-state index is 6.48. The fourth-order valence-corrected chi connectivity index (χ4v) is 4.24. The summed E-state index contributed by atoms with van der Waals surface area (Å²) in [5, 5.41) is 0. The second-order valence-corrected chi connectivity index (χ2v) is 8.86. The van der Waals surface area contributed by atoms with Gasteiger partial charge < -0.3 is 9.31 Å². The van der Waals surface area contributed by atoms with Crippen molar-refractivity contribution in [3.8, 4) is 0 Å².